The molecule has 1 aliphatic rings. The van der Waals surface area contributed by atoms with Crippen LogP contribution in [0, 0.1) is 0 Å². The first-order valence-electron chi connectivity index (χ1n) is 3.99. The summed E-state index contributed by atoms with van der Waals surface area (Å²) in [6, 6.07) is 0. The Morgan fingerprint density at radius 2 is 2.31 bits per heavy atom. The fourth-order valence-corrected chi connectivity index (χ4v) is 1.34. The maximum absolute atomic E-state index is 12.5. The lowest BCUT2D eigenvalue weighted by Crippen LogP contribution is -2.04. The molecule has 3 nitrogen and oxygen atoms in total. The zero-order valence-corrected chi connectivity index (χ0v) is 7.42. The second-order valence-corrected chi connectivity index (χ2v) is 3.42. The highest BCUT2D eigenvalue weighted by atomic mass is 19.3. The average Bonchev–Trinajstić information content (AvgIpc) is 2.62. The molecule has 0 bridgehead atoms. The summed E-state index contributed by atoms with van der Waals surface area (Å²) in [7, 11) is 1.63. The van der Waals surface area contributed by atoms with Crippen molar-refractivity contribution in [2.75, 3.05) is 6.61 Å². The summed E-state index contributed by atoms with van der Waals surface area (Å²) < 4.78 is 31.4. The van der Waals surface area contributed by atoms with Gasteiger partial charge in [-0.05, 0) is 6.92 Å². The number of aromatic nitrogens is 2. The standard InChI is InChI=1S/C8H10F2N2O/c1-8(4-13-8)5-3-12(2)11-6(5)7(9)10/h3,7H,4H2,1-2H3. The smallest absolute Gasteiger partial charge is 0.282 e. The summed E-state index contributed by atoms with van der Waals surface area (Å²) in [6.45, 7) is 2.29. The molecule has 0 radical (unpaired) electrons. The van der Waals surface area contributed by atoms with Gasteiger partial charge in [0.15, 0.2) is 0 Å². The largest absolute Gasteiger partial charge is 0.365 e. The van der Waals surface area contributed by atoms with E-state index in [1.54, 1.807) is 20.2 Å². The van der Waals surface area contributed by atoms with Gasteiger partial charge >= 0.3 is 0 Å². The van der Waals surface area contributed by atoms with Crippen molar-refractivity contribution in [3.05, 3.63) is 17.5 Å². The van der Waals surface area contributed by atoms with Gasteiger partial charge in [-0.15, -0.1) is 0 Å². The van der Waals surface area contributed by atoms with Crippen LogP contribution in [0.15, 0.2) is 6.20 Å². The number of hydrogen-bond acceptors (Lipinski definition) is 2. The molecule has 0 saturated carbocycles. The van der Waals surface area contributed by atoms with Gasteiger partial charge in [0.25, 0.3) is 6.43 Å². The molecule has 13 heavy (non-hydrogen) atoms. The first kappa shape index (κ1) is 8.62. The fourth-order valence-electron chi connectivity index (χ4n) is 1.34. The predicted octanol–water partition coefficient (Wildman–Crippen LogP) is 1.60. The normalized spacial score (nSPS) is 26.8. The van der Waals surface area contributed by atoms with Crippen molar-refractivity contribution < 1.29 is 13.5 Å². The maximum Gasteiger partial charge on any atom is 0.282 e. The van der Waals surface area contributed by atoms with E-state index < -0.39 is 12.0 Å². The van der Waals surface area contributed by atoms with Gasteiger partial charge in [-0.1, -0.05) is 0 Å². The van der Waals surface area contributed by atoms with Crippen molar-refractivity contribution in [1.29, 1.82) is 0 Å². The third kappa shape index (κ3) is 1.33. The summed E-state index contributed by atoms with van der Waals surface area (Å²) in [5, 5.41) is 3.70. The Hall–Kier alpha value is -0.970. The van der Waals surface area contributed by atoms with Gasteiger partial charge in [-0.3, -0.25) is 4.68 Å². The lowest BCUT2D eigenvalue weighted by Gasteiger charge is -2.03. The monoisotopic (exact) mass is 188 g/mol. The first-order valence-corrected chi connectivity index (χ1v) is 3.99. The minimum absolute atomic E-state index is 0.164. The van der Waals surface area contributed by atoms with Crippen molar-refractivity contribution in [3.63, 3.8) is 0 Å². The number of ether oxygens (including phenoxy) is 1. The molecule has 2 rings (SSSR count). The van der Waals surface area contributed by atoms with Crippen molar-refractivity contribution in [2.45, 2.75) is 19.0 Å². The van der Waals surface area contributed by atoms with Crippen molar-refractivity contribution >= 4 is 0 Å². The van der Waals surface area contributed by atoms with Gasteiger partial charge in [-0.2, -0.15) is 5.10 Å². The third-order valence-electron chi connectivity index (χ3n) is 2.21. The molecule has 1 unspecified atom stereocenters. The van der Waals surface area contributed by atoms with E-state index in [9.17, 15) is 8.78 Å². The molecular formula is C8H10F2N2O. The quantitative estimate of drug-likeness (QED) is 0.660. The van der Waals surface area contributed by atoms with Gasteiger partial charge in [0.2, 0.25) is 0 Å². The van der Waals surface area contributed by atoms with E-state index in [4.69, 9.17) is 4.74 Å². The number of alkyl halides is 2. The van der Waals surface area contributed by atoms with Crippen LogP contribution < -0.4 is 0 Å². The Morgan fingerprint density at radius 3 is 2.77 bits per heavy atom. The molecule has 1 aromatic rings. The van der Waals surface area contributed by atoms with Gasteiger partial charge in [0.05, 0.1) is 6.61 Å². The summed E-state index contributed by atoms with van der Waals surface area (Å²) >= 11 is 0. The Morgan fingerprint density at radius 1 is 1.69 bits per heavy atom. The Bertz CT molecular complexity index is 331. The second kappa shape index (κ2) is 2.51. The predicted molar refractivity (Wildman–Crippen MR) is 41.5 cm³/mol. The molecule has 5 heteroatoms. The number of aryl methyl sites for hydroxylation is 1. The van der Waals surface area contributed by atoms with E-state index in [-0.39, 0.29) is 5.69 Å². The highest BCUT2D eigenvalue weighted by Gasteiger charge is 2.45. The van der Waals surface area contributed by atoms with E-state index >= 15 is 0 Å². The third-order valence-corrected chi connectivity index (χ3v) is 2.21. The molecule has 0 N–H and O–H groups in total. The van der Waals surface area contributed by atoms with Gasteiger partial charge < -0.3 is 4.74 Å². The molecule has 0 spiro atoms. The Balaban J connectivity index is 2.43. The molecule has 1 aromatic heterocycles. The van der Waals surface area contributed by atoms with Gasteiger partial charge in [0.1, 0.15) is 11.3 Å². The minimum atomic E-state index is -2.53. The van der Waals surface area contributed by atoms with E-state index in [1.807, 2.05) is 0 Å². The average molecular weight is 188 g/mol. The van der Waals surface area contributed by atoms with Crippen LogP contribution in [0.1, 0.15) is 24.6 Å². The molecule has 0 aromatic carbocycles. The topological polar surface area (TPSA) is 30.4 Å². The number of halogens is 2. The summed E-state index contributed by atoms with van der Waals surface area (Å²) in [6.07, 6.45) is -0.939. The summed E-state index contributed by atoms with van der Waals surface area (Å²) in [5.41, 5.74) is -0.187. The van der Waals surface area contributed by atoms with Crippen molar-refractivity contribution in [1.82, 2.24) is 9.78 Å². The lowest BCUT2D eigenvalue weighted by atomic mass is 10.0. The van der Waals surface area contributed by atoms with E-state index in [0.29, 0.717) is 12.2 Å². The molecule has 0 aliphatic carbocycles. The molecule has 1 fully saturated rings. The van der Waals surface area contributed by atoms with Gasteiger partial charge in [0, 0.05) is 18.8 Å². The zero-order chi connectivity index (χ0) is 9.64. The SMILES string of the molecule is Cn1cc(C2(C)CO2)c(C(F)F)n1. The van der Waals surface area contributed by atoms with Crippen LogP contribution in [0.5, 0.6) is 0 Å². The van der Waals surface area contributed by atoms with E-state index in [1.165, 1.54) is 4.68 Å². The number of nitrogens with zero attached hydrogens (tertiary/aromatic N) is 2. The first-order chi connectivity index (χ1) is 6.03. The molecule has 1 saturated heterocycles. The highest BCUT2D eigenvalue weighted by molar-refractivity contribution is 5.28. The Labute approximate surface area is 74.3 Å². The van der Waals surface area contributed by atoms with Crippen LogP contribution in [0.2, 0.25) is 0 Å². The van der Waals surface area contributed by atoms with Crippen molar-refractivity contribution in [2.24, 2.45) is 7.05 Å². The maximum atomic E-state index is 12.5. The van der Waals surface area contributed by atoms with Crippen LogP contribution in [0.4, 0.5) is 8.78 Å². The Kier molecular flexibility index (Phi) is 1.66. The minimum Gasteiger partial charge on any atom is -0.365 e. The molecule has 72 valence electrons. The van der Waals surface area contributed by atoms with E-state index in [2.05, 4.69) is 5.10 Å². The zero-order valence-electron chi connectivity index (χ0n) is 7.42. The molecule has 2 heterocycles. The van der Waals surface area contributed by atoms with Crippen LogP contribution in [0.25, 0.3) is 0 Å². The summed E-state index contributed by atoms with van der Waals surface area (Å²) in [4.78, 5) is 0. The van der Waals surface area contributed by atoms with E-state index in [0.717, 1.165) is 0 Å². The fraction of sp³-hybridized carbons (Fsp3) is 0.625. The van der Waals surface area contributed by atoms with Crippen molar-refractivity contribution in [3.8, 4) is 0 Å². The molecule has 1 aliphatic heterocycles. The highest BCUT2D eigenvalue weighted by Crippen LogP contribution is 2.41. The van der Waals surface area contributed by atoms with Gasteiger partial charge in [-0.25, -0.2) is 8.78 Å². The molecule has 1 atom stereocenters. The number of hydrogen-bond donors (Lipinski definition) is 0. The van der Waals surface area contributed by atoms with Crippen LogP contribution in [-0.2, 0) is 17.4 Å². The van der Waals surface area contributed by atoms with Crippen LogP contribution >= 0.6 is 0 Å². The summed E-state index contributed by atoms with van der Waals surface area (Å²) in [5.74, 6) is 0. The van der Waals surface area contributed by atoms with Crippen LogP contribution in [-0.4, -0.2) is 16.4 Å². The molecular weight excluding hydrogens is 178 g/mol. The second-order valence-electron chi connectivity index (χ2n) is 3.42. The number of epoxide rings is 1. The molecule has 0 amide bonds. The lowest BCUT2D eigenvalue weighted by molar-refractivity contribution is 0.142. The van der Waals surface area contributed by atoms with Crippen LogP contribution in [0.3, 0.4) is 0 Å². The number of rotatable bonds is 2.